The van der Waals surface area contributed by atoms with E-state index in [1.54, 1.807) is 16.9 Å². The van der Waals surface area contributed by atoms with Crippen molar-refractivity contribution >= 4 is 5.82 Å². The molecule has 0 aliphatic carbocycles. The number of hydrogen-bond acceptors (Lipinski definition) is 6. The van der Waals surface area contributed by atoms with Gasteiger partial charge in [0.2, 0.25) is 0 Å². The third-order valence-electron chi connectivity index (χ3n) is 5.23. The van der Waals surface area contributed by atoms with Crippen molar-refractivity contribution in [3.63, 3.8) is 0 Å². The summed E-state index contributed by atoms with van der Waals surface area (Å²) in [6.45, 7) is 8.92. The summed E-state index contributed by atoms with van der Waals surface area (Å²) in [6, 6.07) is 11.4. The van der Waals surface area contributed by atoms with Crippen LogP contribution in [0.4, 0.5) is 5.82 Å². The van der Waals surface area contributed by atoms with E-state index < -0.39 is 0 Å². The fraction of sp³-hybridized carbons (Fsp3) is 0.409. The van der Waals surface area contributed by atoms with Crippen molar-refractivity contribution in [2.24, 2.45) is 0 Å². The van der Waals surface area contributed by atoms with Gasteiger partial charge in [0, 0.05) is 41.1 Å². The zero-order chi connectivity index (χ0) is 20.6. The normalized spacial score (nSPS) is 18.5. The lowest BCUT2D eigenvalue weighted by atomic mass is 9.79. The Kier molecular flexibility index (Phi) is 4.78. The van der Waals surface area contributed by atoms with Crippen LogP contribution >= 0.6 is 0 Å². The third kappa shape index (κ3) is 4.40. The summed E-state index contributed by atoms with van der Waals surface area (Å²) < 4.78 is 1.70. The van der Waals surface area contributed by atoms with Crippen molar-refractivity contribution in [2.45, 2.75) is 57.7 Å². The minimum atomic E-state index is 0.0644. The number of phenolic OH excluding ortho intramolecular Hbond substituents is 1. The summed E-state index contributed by atoms with van der Waals surface area (Å²) >= 11 is 0. The number of rotatable bonds is 4. The van der Waals surface area contributed by atoms with Gasteiger partial charge >= 0.3 is 0 Å². The molecule has 0 amide bonds. The van der Waals surface area contributed by atoms with E-state index in [0.717, 1.165) is 24.3 Å². The van der Waals surface area contributed by atoms with Gasteiger partial charge in [0.15, 0.2) is 0 Å². The molecule has 29 heavy (non-hydrogen) atoms. The van der Waals surface area contributed by atoms with Gasteiger partial charge in [-0.05, 0) is 70.9 Å². The van der Waals surface area contributed by atoms with Gasteiger partial charge in [-0.2, -0.15) is 5.10 Å². The van der Waals surface area contributed by atoms with Crippen LogP contribution in [0.15, 0.2) is 48.8 Å². The first-order valence-electron chi connectivity index (χ1n) is 9.94. The lowest BCUT2D eigenvalue weighted by Gasteiger charge is -2.46. The average molecular weight is 393 g/mol. The van der Waals surface area contributed by atoms with Crippen molar-refractivity contribution in [1.29, 1.82) is 0 Å². The Labute approximate surface area is 171 Å². The summed E-state index contributed by atoms with van der Waals surface area (Å²) in [5.41, 5.74) is 2.19. The van der Waals surface area contributed by atoms with E-state index >= 15 is 0 Å². The van der Waals surface area contributed by atoms with Crippen LogP contribution in [-0.2, 0) is 0 Å². The Hall–Kier alpha value is -2.93. The van der Waals surface area contributed by atoms with E-state index in [9.17, 15) is 5.11 Å². The van der Waals surface area contributed by atoms with E-state index in [2.05, 4.69) is 53.6 Å². The summed E-state index contributed by atoms with van der Waals surface area (Å²) in [5.74, 6) is 0.898. The number of nitrogens with zero attached hydrogens (tertiary/aromatic N) is 4. The van der Waals surface area contributed by atoms with Crippen LogP contribution in [-0.4, -0.2) is 42.2 Å². The van der Waals surface area contributed by atoms with Gasteiger partial charge in [0.1, 0.15) is 11.6 Å². The van der Waals surface area contributed by atoms with Crippen LogP contribution in [0.2, 0.25) is 0 Å². The quantitative estimate of drug-likeness (QED) is 0.627. The molecular weight excluding hydrogens is 364 g/mol. The fourth-order valence-electron chi connectivity index (χ4n) is 4.49. The van der Waals surface area contributed by atoms with Crippen molar-refractivity contribution in [3.8, 4) is 22.7 Å². The smallest absolute Gasteiger partial charge is 0.148 e. The molecule has 0 radical (unpaired) electrons. The van der Waals surface area contributed by atoms with E-state index in [0.29, 0.717) is 17.3 Å². The molecule has 1 fully saturated rings. The maximum atomic E-state index is 10.5. The standard InChI is InChI=1S/C22H28N6O/c1-21(2)13-15(14-22(3,4)27-21)24-20-9-8-18(25-26-20)17-7-6-16(12-19(17)29)28-11-5-10-23-28/h5-12,15,27,29H,13-14H2,1-4H3,(H,24,26). The summed E-state index contributed by atoms with van der Waals surface area (Å²) in [7, 11) is 0. The first-order valence-corrected chi connectivity index (χ1v) is 9.94. The summed E-state index contributed by atoms with van der Waals surface area (Å²) in [5, 5.41) is 30.5. The second kappa shape index (κ2) is 7.15. The van der Waals surface area contributed by atoms with Crippen LogP contribution in [0, 0.1) is 0 Å². The van der Waals surface area contributed by atoms with Crippen molar-refractivity contribution < 1.29 is 5.11 Å². The van der Waals surface area contributed by atoms with E-state index in [1.807, 2.05) is 36.5 Å². The SMILES string of the molecule is CC1(C)CC(Nc2ccc(-c3ccc(-n4cccn4)cc3O)nn2)CC(C)(C)N1. The summed E-state index contributed by atoms with van der Waals surface area (Å²) in [4.78, 5) is 0. The lowest BCUT2D eigenvalue weighted by molar-refractivity contribution is 0.170. The van der Waals surface area contributed by atoms with Gasteiger partial charge in [-0.15, -0.1) is 10.2 Å². The van der Waals surface area contributed by atoms with Gasteiger partial charge in [-0.3, -0.25) is 0 Å². The zero-order valence-electron chi connectivity index (χ0n) is 17.3. The van der Waals surface area contributed by atoms with Crippen LogP contribution in [0.1, 0.15) is 40.5 Å². The van der Waals surface area contributed by atoms with E-state index in [1.165, 1.54) is 0 Å². The molecule has 1 aliphatic heterocycles. The molecule has 0 spiro atoms. The topological polar surface area (TPSA) is 87.9 Å². The zero-order valence-corrected chi connectivity index (χ0v) is 17.3. The molecule has 7 heteroatoms. The second-order valence-electron chi connectivity index (χ2n) is 9.10. The van der Waals surface area contributed by atoms with Crippen LogP contribution in [0.5, 0.6) is 5.75 Å². The molecule has 3 N–H and O–H groups in total. The Morgan fingerprint density at radius 3 is 2.41 bits per heavy atom. The number of aromatic nitrogens is 4. The molecule has 1 aliphatic rings. The Balaban J connectivity index is 1.50. The molecule has 0 atom stereocenters. The Morgan fingerprint density at radius 2 is 1.83 bits per heavy atom. The molecule has 0 unspecified atom stereocenters. The van der Waals surface area contributed by atoms with Crippen LogP contribution in [0.3, 0.4) is 0 Å². The highest BCUT2D eigenvalue weighted by Gasteiger charge is 2.37. The maximum absolute atomic E-state index is 10.5. The minimum absolute atomic E-state index is 0.0644. The Morgan fingerprint density at radius 1 is 1.07 bits per heavy atom. The molecule has 7 nitrogen and oxygen atoms in total. The molecule has 152 valence electrons. The predicted molar refractivity (Wildman–Crippen MR) is 114 cm³/mol. The molecular formula is C22H28N6O. The number of anilines is 1. The number of hydrogen-bond donors (Lipinski definition) is 3. The van der Waals surface area contributed by atoms with Crippen molar-refractivity contribution in [1.82, 2.24) is 25.3 Å². The van der Waals surface area contributed by atoms with Gasteiger partial charge in [-0.1, -0.05) is 0 Å². The number of nitrogens with one attached hydrogen (secondary N) is 2. The predicted octanol–water partition coefficient (Wildman–Crippen LogP) is 3.76. The van der Waals surface area contributed by atoms with E-state index in [4.69, 9.17) is 0 Å². The largest absolute Gasteiger partial charge is 0.507 e. The van der Waals surface area contributed by atoms with Gasteiger partial charge in [0.05, 0.1) is 11.4 Å². The monoisotopic (exact) mass is 392 g/mol. The summed E-state index contributed by atoms with van der Waals surface area (Å²) in [6.07, 6.45) is 5.55. The average Bonchev–Trinajstić information content (AvgIpc) is 3.14. The molecule has 2 aromatic heterocycles. The van der Waals surface area contributed by atoms with E-state index in [-0.39, 0.29) is 16.8 Å². The lowest BCUT2D eigenvalue weighted by Crippen LogP contribution is -2.60. The van der Waals surface area contributed by atoms with Crippen LogP contribution in [0.25, 0.3) is 16.9 Å². The van der Waals surface area contributed by atoms with Crippen molar-refractivity contribution in [2.75, 3.05) is 5.32 Å². The number of phenols is 1. The molecule has 0 bridgehead atoms. The molecule has 1 aromatic carbocycles. The minimum Gasteiger partial charge on any atom is -0.507 e. The van der Waals surface area contributed by atoms with Crippen LogP contribution < -0.4 is 10.6 Å². The molecule has 4 rings (SSSR count). The highest BCUT2D eigenvalue weighted by atomic mass is 16.3. The number of piperidine rings is 1. The molecule has 0 saturated carbocycles. The van der Waals surface area contributed by atoms with Crippen molar-refractivity contribution in [3.05, 3.63) is 48.8 Å². The number of aromatic hydroxyl groups is 1. The highest BCUT2D eigenvalue weighted by Crippen LogP contribution is 2.32. The highest BCUT2D eigenvalue weighted by molar-refractivity contribution is 5.68. The van der Waals surface area contributed by atoms with Gasteiger partial charge in [0.25, 0.3) is 0 Å². The maximum Gasteiger partial charge on any atom is 0.148 e. The second-order valence-corrected chi connectivity index (χ2v) is 9.10. The van der Waals surface area contributed by atoms with Gasteiger partial charge in [-0.25, -0.2) is 4.68 Å². The first kappa shape index (κ1) is 19.4. The fourth-order valence-corrected chi connectivity index (χ4v) is 4.49. The molecule has 3 aromatic rings. The first-order chi connectivity index (χ1) is 13.7. The molecule has 1 saturated heterocycles. The number of benzene rings is 1. The van der Waals surface area contributed by atoms with Gasteiger partial charge < -0.3 is 15.7 Å². The Bertz CT molecular complexity index is 963. The third-order valence-corrected chi connectivity index (χ3v) is 5.23. The molecule has 3 heterocycles.